The zero-order chi connectivity index (χ0) is 14.0. The number of benzene rings is 1. The third kappa shape index (κ3) is 2.19. The number of nitrogens with zero attached hydrogens (tertiary/aromatic N) is 1. The van der Waals surface area contributed by atoms with Crippen molar-refractivity contribution in [1.82, 2.24) is 0 Å². The molecule has 1 aliphatic carbocycles. The standard InChI is InChI=1S/C16H21NO2/c1-11(2)13-7-6-12(3)15(19-4)14(13)16(17-10-18)8-5-9-16/h6-7,11H,5,8-9H2,1-4H3. The summed E-state index contributed by atoms with van der Waals surface area (Å²) in [6.45, 7) is 6.35. The highest BCUT2D eigenvalue weighted by atomic mass is 16.5. The van der Waals surface area contributed by atoms with Crippen LogP contribution in [0.5, 0.6) is 5.75 Å². The number of hydrogen-bond acceptors (Lipinski definition) is 3. The second-order valence-corrected chi connectivity index (χ2v) is 5.62. The molecule has 3 heteroatoms. The first kappa shape index (κ1) is 13.8. The van der Waals surface area contributed by atoms with E-state index in [0.717, 1.165) is 36.1 Å². The third-order valence-corrected chi connectivity index (χ3v) is 4.12. The van der Waals surface area contributed by atoms with E-state index in [-0.39, 0.29) is 0 Å². The van der Waals surface area contributed by atoms with Crippen LogP contribution in [0.3, 0.4) is 0 Å². The molecule has 3 nitrogen and oxygen atoms in total. The predicted molar refractivity (Wildman–Crippen MR) is 75.5 cm³/mol. The van der Waals surface area contributed by atoms with Crippen molar-refractivity contribution in [2.45, 2.75) is 51.5 Å². The predicted octanol–water partition coefficient (Wildman–Crippen LogP) is 3.84. The quantitative estimate of drug-likeness (QED) is 0.608. The fourth-order valence-corrected chi connectivity index (χ4v) is 2.94. The zero-order valence-electron chi connectivity index (χ0n) is 12.1. The Bertz CT molecular complexity index is 524. The van der Waals surface area contributed by atoms with Crippen molar-refractivity contribution in [3.63, 3.8) is 0 Å². The molecular weight excluding hydrogens is 238 g/mol. The molecule has 0 aromatic heterocycles. The molecular formula is C16H21NO2. The normalized spacial score (nSPS) is 16.7. The molecule has 0 amide bonds. The minimum Gasteiger partial charge on any atom is -0.496 e. The van der Waals surface area contributed by atoms with Crippen LogP contribution in [-0.2, 0) is 10.3 Å². The van der Waals surface area contributed by atoms with Crippen LogP contribution in [0.25, 0.3) is 0 Å². The van der Waals surface area contributed by atoms with Crippen molar-refractivity contribution >= 4 is 6.08 Å². The van der Waals surface area contributed by atoms with Crippen molar-refractivity contribution in [3.8, 4) is 5.75 Å². The van der Waals surface area contributed by atoms with Gasteiger partial charge in [0, 0.05) is 5.56 Å². The Morgan fingerprint density at radius 1 is 1.37 bits per heavy atom. The lowest BCUT2D eigenvalue weighted by atomic mass is 9.69. The Balaban J connectivity index is 2.71. The summed E-state index contributed by atoms with van der Waals surface area (Å²) < 4.78 is 5.61. The molecule has 0 heterocycles. The SMILES string of the molecule is COc1c(C)ccc(C(C)C)c1C1(N=C=O)CCC1. The van der Waals surface area contributed by atoms with E-state index >= 15 is 0 Å². The molecule has 0 saturated heterocycles. The zero-order valence-corrected chi connectivity index (χ0v) is 12.1. The summed E-state index contributed by atoms with van der Waals surface area (Å²) >= 11 is 0. The number of aryl methyl sites for hydroxylation is 1. The van der Waals surface area contributed by atoms with Gasteiger partial charge in [-0.2, -0.15) is 4.99 Å². The molecule has 102 valence electrons. The maximum Gasteiger partial charge on any atom is 0.235 e. The smallest absolute Gasteiger partial charge is 0.235 e. The van der Waals surface area contributed by atoms with Gasteiger partial charge in [0.05, 0.1) is 7.11 Å². The first-order valence-electron chi connectivity index (χ1n) is 6.82. The van der Waals surface area contributed by atoms with E-state index in [1.807, 2.05) is 6.92 Å². The summed E-state index contributed by atoms with van der Waals surface area (Å²) in [5.74, 6) is 1.26. The van der Waals surface area contributed by atoms with E-state index in [2.05, 4.69) is 31.0 Å². The van der Waals surface area contributed by atoms with Gasteiger partial charge in [-0.1, -0.05) is 26.0 Å². The van der Waals surface area contributed by atoms with E-state index in [1.54, 1.807) is 13.2 Å². The summed E-state index contributed by atoms with van der Waals surface area (Å²) in [6, 6.07) is 4.22. The molecule has 0 bridgehead atoms. The second-order valence-electron chi connectivity index (χ2n) is 5.62. The lowest BCUT2D eigenvalue weighted by Gasteiger charge is -2.40. The molecule has 1 saturated carbocycles. The number of methoxy groups -OCH3 is 1. The highest BCUT2D eigenvalue weighted by molar-refractivity contribution is 5.54. The average molecular weight is 259 g/mol. The fraction of sp³-hybridized carbons (Fsp3) is 0.562. The molecule has 0 N–H and O–H groups in total. The molecule has 1 aliphatic rings. The maximum absolute atomic E-state index is 10.8. The second kappa shape index (κ2) is 5.18. The van der Waals surface area contributed by atoms with Crippen molar-refractivity contribution in [3.05, 3.63) is 28.8 Å². The molecule has 1 aromatic carbocycles. The van der Waals surface area contributed by atoms with Gasteiger partial charge in [-0.3, -0.25) is 0 Å². The van der Waals surface area contributed by atoms with Gasteiger partial charge in [0.2, 0.25) is 6.08 Å². The molecule has 0 aliphatic heterocycles. The minimum atomic E-state index is -0.404. The van der Waals surface area contributed by atoms with Crippen molar-refractivity contribution < 1.29 is 9.53 Å². The van der Waals surface area contributed by atoms with Gasteiger partial charge < -0.3 is 4.74 Å². The Hall–Kier alpha value is -1.60. The van der Waals surface area contributed by atoms with Crippen LogP contribution >= 0.6 is 0 Å². The molecule has 0 atom stereocenters. The van der Waals surface area contributed by atoms with Gasteiger partial charge in [0.1, 0.15) is 11.3 Å². The first-order chi connectivity index (χ1) is 9.05. The van der Waals surface area contributed by atoms with Crippen LogP contribution in [0.2, 0.25) is 0 Å². The van der Waals surface area contributed by atoms with Gasteiger partial charge in [-0.15, -0.1) is 0 Å². The van der Waals surface area contributed by atoms with E-state index < -0.39 is 5.54 Å². The molecule has 2 rings (SSSR count). The van der Waals surface area contributed by atoms with Crippen LogP contribution in [0.1, 0.15) is 55.7 Å². The van der Waals surface area contributed by atoms with E-state index in [4.69, 9.17) is 4.74 Å². The topological polar surface area (TPSA) is 38.7 Å². The van der Waals surface area contributed by atoms with Crippen LogP contribution in [0.15, 0.2) is 17.1 Å². The van der Waals surface area contributed by atoms with Gasteiger partial charge in [0.15, 0.2) is 0 Å². The summed E-state index contributed by atoms with van der Waals surface area (Å²) in [4.78, 5) is 15.0. The summed E-state index contributed by atoms with van der Waals surface area (Å²) in [5.41, 5.74) is 3.01. The summed E-state index contributed by atoms with van der Waals surface area (Å²) in [5, 5.41) is 0. The number of rotatable bonds is 4. The molecule has 1 fully saturated rings. The highest BCUT2D eigenvalue weighted by Gasteiger charge is 2.43. The Labute approximate surface area is 114 Å². The van der Waals surface area contributed by atoms with Crippen molar-refractivity contribution in [2.24, 2.45) is 4.99 Å². The summed E-state index contributed by atoms with van der Waals surface area (Å²) in [6.07, 6.45) is 4.67. The molecule has 1 aromatic rings. The third-order valence-electron chi connectivity index (χ3n) is 4.12. The maximum atomic E-state index is 10.8. The van der Waals surface area contributed by atoms with Crippen molar-refractivity contribution in [1.29, 1.82) is 0 Å². The van der Waals surface area contributed by atoms with Crippen LogP contribution in [-0.4, -0.2) is 13.2 Å². The van der Waals surface area contributed by atoms with E-state index in [0.29, 0.717) is 5.92 Å². The lowest BCUT2D eigenvalue weighted by Crippen LogP contribution is -2.34. The largest absolute Gasteiger partial charge is 0.496 e. The van der Waals surface area contributed by atoms with E-state index in [9.17, 15) is 4.79 Å². The number of hydrogen-bond donors (Lipinski definition) is 0. The number of aliphatic imine (C=N–C) groups is 1. The monoisotopic (exact) mass is 259 g/mol. The number of carbonyl (C=O) groups excluding carboxylic acids is 1. The fourth-order valence-electron chi connectivity index (χ4n) is 2.94. The van der Waals surface area contributed by atoms with Crippen LogP contribution < -0.4 is 4.74 Å². The minimum absolute atomic E-state index is 0.379. The van der Waals surface area contributed by atoms with Gasteiger partial charge in [-0.05, 0) is 43.2 Å². The van der Waals surface area contributed by atoms with E-state index in [1.165, 1.54) is 5.56 Å². The van der Waals surface area contributed by atoms with Crippen LogP contribution in [0.4, 0.5) is 0 Å². The molecule has 0 spiro atoms. The Kier molecular flexibility index (Phi) is 3.77. The van der Waals surface area contributed by atoms with Gasteiger partial charge in [0.25, 0.3) is 0 Å². The Morgan fingerprint density at radius 2 is 2.05 bits per heavy atom. The Morgan fingerprint density at radius 3 is 2.47 bits per heavy atom. The average Bonchev–Trinajstić information content (AvgIpc) is 2.33. The van der Waals surface area contributed by atoms with Gasteiger partial charge in [-0.25, -0.2) is 4.79 Å². The van der Waals surface area contributed by atoms with Crippen molar-refractivity contribution in [2.75, 3.05) is 7.11 Å². The highest BCUT2D eigenvalue weighted by Crippen LogP contribution is 2.51. The molecule has 0 radical (unpaired) electrons. The van der Waals surface area contributed by atoms with Gasteiger partial charge >= 0.3 is 0 Å². The lowest BCUT2D eigenvalue weighted by molar-refractivity contribution is 0.243. The molecule has 19 heavy (non-hydrogen) atoms. The first-order valence-corrected chi connectivity index (χ1v) is 6.82. The molecule has 0 unspecified atom stereocenters. The van der Waals surface area contributed by atoms with Crippen LogP contribution in [0, 0.1) is 6.92 Å². The number of ether oxygens (including phenoxy) is 1. The summed E-state index contributed by atoms with van der Waals surface area (Å²) in [7, 11) is 1.69. The number of isocyanates is 1.